The van der Waals surface area contributed by atoms with Crippen molar-refractivity contribution in [3.05, 3.63) is 11.9 Å². The van der Waals surface area contributed by atoms with Crippen molar-refractivity contribution in [2.24, 2.45) is 5.73 Å². The van der Waals surface area contributed by atoms with E-state index in [2.05, 4.69) is 20.7 Å². The number of ether oxygens (including phenoxy) is 1. The lowest BCUT2D eigenvalue weighted by Gasteiger charge is -2.42. The summed E-state index contributed by atoms with van der Waals surface area (Å²) in [4.78, 5) is 11.7. The van der Waals surface area contributed by atoms with E-state index in [1.54, 1.807) is 0 Å². The van der Waals surface area contributed by atoms with Crippen LogP contribution in [0.2, 0.25) is 0 Å². The fraction of sp³-hybridized carbons (Fsp3) is 0.667. The Morgan fingerprint density at radius 1 is 1.81 bits per heavy atom. The molecule has 3 unspecified atom stereocenters. The molecule has 0 saturated heterocycles. The zero-order valence-electron chi connectivity index (χ0n) is 9.01. The zero-order chi connectivity index (χ0) is 11.5. The van der Waals surface area contributed by atoms with Gasteiger partial charge in [0, 0.05) is 12.6 Å². The van der Waals surface area contributed by atoms with Crippen LogP contribution in [0.5, 0.6) is 0 Å². The van der Waals surface area contributed by atoms with Crippen LogP contribution in [0, 0.1) is 0 Å². The molecule has 1 aromatic heterocycles. The van der Waals surface area contributed by atoms with Gasteiger partial charge in [-0.05, 0) is 13.3 Å². The van der Waals surface area contributed by atoms with Crippen LogP contribution in [-0.4, -0.2) is 46.1 Å². The predicted octanol–water partition coefficient (Wildman–Crippen LogP) is -0.961. The summed E-state index contributed by atoms with van der Waals surface area (Å²) in [5.41, 5.74) is 6.07. The van der Waals surface area contributed by atoms with Crippen molar-refractivity contribution >= 4 is 5.91 Å². The summed E-state index contributed by atoms with van der Waals surface area (Å²) in [6.07, 6.45) is 2.16. The highest BCUT2D eigenvalue weighted by Gasteiger charge is 2.40. The molecule has 1 fully saturated rings. The van der Waals surface area contributed by atoms with Crippen molar-refractivity contribution in [3.8, 4) is 0 Å². The van der Waals surface area contributed by atoms with Gasteiger partial charge < -0.3 is 15.8 Å². The number of nitrogens with one attached hydrogen (secondary N) is 2. The van der Waals surface area contributed by atoms with Gasteiger partial charge >= 0.3 is 0 Å². The number of amides is 1. The average Bonchev–Trinajstić information content (AvgIpc) is 2.79. The number of nitrogens with zero attached hydrogens (tertiary/aromatic N) is 2. The molecule has 1 aliphatic carbocycles. The van der Waals surface area contributed by atoms with Crippen LogP contribution in [0.1, 0.15) is 23.8 Å². The van der Waals surface area contributed by atoms with E-state index in [0.717, 1.165) is 6.42 Å². The lowest BCUT2D eigenvalue weighted by Crippen LogP contribution is -2.64. The topological polar surface area (TPSA) is 106 Å². The van der Waals surface area contributed by atoms with Crippen LogP contribution in [0.3, 0.4) is 0 Å². The van der Waals surface area contributed by atoms with Gasteiger partial charge in [0.25, 0.3) is 5.91 Å². The number of rotatable bonds is 4. The Balaban J connectivity index is 1.91. The molecule has 1 aromatic rings. The molecule has 0 aliphatic heterocycles. The van der Waals surface area contributed by atoms with E-state index < -0.39 is 0 Å². The van der Waals surface area contributed by atoms with Crippen molar-refractivity contribution in [2.45, 2.75) is 31.5 Å². The predicted molar refractivity (Wildman–Crippen MR) is 55.6 cm³/mol. The summed E-state index contributed by atoms with van der Waals surface area (Å²) < 4.78 is 5.44. The lowest BCUT2D eigenvalue weighted by atomic mass is 9.83. The van der Waals surface area contributed by atoms with Crippen molar-refractivity contribution < 1.29 is 9.53 Å². The Morgan fingerprint density at radius 3 is 3.19 bits per heavy atom. The van der Waals surface area contributed by atoms with Gasteiger partial charge in [-0.15, -0.1) is 0 Å². The van der Waals surface area contributed by atoms with Crippen molar-refractivity contribution in [1.29, 1.82) is 0 Å². The number of nitrogens with two attached hydrogens (primary N) is 1. The van der Waals surface area contributed by atoms with E-state index in [9.17, 15) is 4.79 Å². The number of carbonyl (C=O) groups excluding carboxylic acids is 1. The first kappa shape index (κ1) is 11.0. The Morgan fingerprint density at radius 2 is 2.62 bits per heavy atom. The number of H-pyrrole nitrogens is 1. The fourth-order valence-corrected chi connectivity index (χ4v) is 1.76. The summed E-state index contributed by atoms with van der Waals surface area (Å²) in [6, 6.07) is -0.184. The third-order valence-electron chi connectivity index (χ3n) is 2.69. The van der Waals surface area contributed by atoms with Crippen LogP contribution in [0.4, 0.5) is 0 Å². The minimum atomic E-state index is -0.279. The third-order valence-corrected chi connectivity index (χ3v) is 2.69. The van der Waals surface area contributed by atoms with Crippen molar-refractivity contribution in [2.75, 3.05) is 6.61 Å². The van der Waals surface area contributed by atoms with Gasteiger partial charge in [0.2, 0.25) is 0 Å². The monoisotopic (exact) mass is 225 g/mol. The van der Waals surface area contributed by atoms with Crippen LogP contribution < -0.4 is 11.1 Å². The van der Waals surface area contributed by atoms with Crippen LogP contribution in [-0.2, 0) is 4.74 Å². The fourth-order valence-electron chi connectivity index (χ4n) is 1.76. The number of hydrogen-bond acceptors (Lipinski definition) is 5. The second kappa shape index (κ2) is 4.58. The zero-order valence-corrected chi connectivity index (χ0v) is 9.01. The number of hydrogen-bond donors (Lipinski definition) is 3. The summed E-state index contributed by atoms with van der Waals surface area (Å²) >= 11 is 0. The third kappa shape index (κ3) is 2.05. The highest BCUT2D eigenvalue weighted by Crippen LogP contribution is 2.22. The van der Waals surface area contributed by atoms with E-state index in [1.165, 1.54) is 6.20 Å². The average molecular weight is 225 g/mol. The molecule has 7 nitrogen and oxygen atoms in total. The smallest absolute Gasteiger partial charge is 0.273 e. The van der Waals surface area contributed by atoms with Gasteiger partial charge in [-0.3, -0.25) is 4.79 Å². The minimum absolute atomic E-state index is 0.0100. The molecule has 0 radical (unpaired) electrons. The number of aromatic amines is 1. The molecule has 3 atom stereocenters. The molecule has 16 heavy (non-hydrogen) atoms. The van der Waals surface area contributed by atoms with Crippen LogP contribution in [0.25, 0.3) is 0 Å². The van der Waals surface area contributed by atoms with Gasteiger partial charge in [0.1, 0.15) is 0 Å². The maximum Gasteiger partial charge on any atom is 0.273 e. The molecule has 1 saturated carbocycles. The van der Waals surface area contributed by atoms with Gasteiger partial charge in [-0.25, -0.2) is 0 Å². The molecule has 1 amide bonds. The summed E-state index contributed by atoms with van der Waals surface area (Å²) in [5.74, 6) is -0.279. The molecular formula is C9H15N5O2. The van der Waals surface area contributed by atoms with E-state index in [-0.39, 0.29) is 29.8 Å². The Labute approximate surface area is 92.7 Å². The molecule has 0 spiro atoms. The maximum atomic E-state index is 11.7. The quantitative estimate of drug-likeness (QED) is 0.612. The van der Waals surface area contributed by atoms with E-state index >= 15 is 0 Å². The molecule has 0 bridgehead atoms. The lowest BCUT2D eigenvalue weighted by molar-refractivity contribution is -0.0300. The van der Waals surface area contributed by atoms with Gasteiger partial charge in [0.05, 0.1) is 18.3 Å². The Kier molecular flexibility index (Phi) is 3.16. The first-order valence-electron chi connectivity index (χ1n) is 5.26. The first-order chi connectivity index (χ1) is 7.72. The first-order valence-corrected chi connectivity index (χ1v) is 5.26. The summed E-state index contributed by atoms with van der Waals surface area (Å²) in [7, 11) is 0. The molecule has 1 heterocycles. The normalized spacial score (nSPS) is 28.5. The van der Waals surface area contributed by atoms with E-state index in [4.69, 9.17) is 10.5 Å². The van der Waals surface area contributed by atoms with E-state index in [1.807, 2.05) is 6.92 Å². The highest BCUT2D eigenvalue weighted by molar-refractivity contribution is 5.92. The van der Waals surface area contributed by atoms with Gasteiger partial charge in [-0.1, -0.05) is 0 Å². The van der Waals surface area contributed by atoms with Crippen LogP contribution >= 0.6 is 0 Å². The Bertz CT molecular complexity index is 351. The molecular weight excluding hydrogens is 210 g/mol. The maximum absolute atomic E-state index is 11.7. The highest BCUT2D eigenvalue weighted by atomic mass is 16.5. The molecule has 4 N–H and O–H groups in total. The Hall–Kier alpha value is -1.47. The largest absolute Gasteiger partial charge is 0.376 e. The second-order valence-electron chi connectivity index (χ2n) is 3.75. The molecule has 7 heteroatoms. The summed E-state index contributed by atoms with van der Waals surface area (Å²) in [5, 5.41) is 12.4. The van der Waals surface area contributed by atoms with E-state index in [0.29, 0.717) is 6.61 Å². The molecule has 2 rings (SSSR count). The summed E-state index contributed by atoms with van der Waals surface area (Å²) in [6.45, 7) is 2.54. The van der Waals surface area contributed by atoms with Crippen LogP contribution in [0.15, 0.2) is 6.20 Å². The number of aromatic nitrogens is 3. The SMILES string of the molecule is CCOC1CC(N)C1NC(=O)c1cn[nH]n1. The van der Waals surface area contributed by atoms with Crippen molar-refractivity contribution in [3.63, 3.8) is 0 Å². The second-order valence-corrected chi connectivity index (χ2v) is 3.75. The minimum Gasteiger partial charge on any atom is -0.376 e. The molecule has 1 aliphatic rings. The molecule has 88 valence electrons. The standard InChI is InChI=1S/C9H15N5O2/c1-2-16-7-3-5(10)8(7)12-9(15)6-4-11-14-13-6/h4-5,7-8H,2-3,10H2,1H3,(H,12,15)(H,11,13,14). The number of carbonyl (C=O) groups is 1. The molecule has 0 aromatic carbocycles. The van der Waals surface area contributed by atoms with Gasteiger partial charge in [0.15, 0.2) is 5.69 Å². The van der Waals surface area contributed by atoms with Crippen molar-refractivity contribution in [1.82, 2.24) is 20.7 Å². The van der Waals surface area contributed by atoms with Gasteiger partial charge in [-0.2, -0.15) is 15.4 Å².